The topological polar surface area (TPSA) is 70.1 Å². The summed E-state index contributed by atoms with van der Waals surface area (Å²) in [5, 5.41) is 11.1. The lowest BCUT2D eigenvalue weighted by Crippen LogP contribution is -2.30. The maximum Gasteiger partial charge on any atom is 0.295 e. The summed E-state index contributed by atoms with van der Waals surface area (Å²) in [5.41, 5.74) is 2.42. The Morgan fingerprint density at radius 3 is 2.23 bits per heavy atom. The molecule has 1 saturated heterocycles. The van der Waals surface area contributed by atoms with Crippen LogP contribution in [0.4, 0.5) is 5.69 Å². The first-order valence-corrected chi connectivity index (χ1v) is 10.6. The number of carbonyl (C=O) groups excluding carboxylic acids is 2. The number of carbonyl (C=O) groups is 2. The zero-order chi connectivity index (χ0) is 22.5. The van der Waals surface area contributed by atoms with Crippen LogP contribution >= 0.6 is 0 Å². The summed E-state index contributed by atoms with van der Waals surface area (Å²) in [6.45, 7) is 2.56. The number of unbranched alkanes of at least 4 members (excludes halogenated alkanes) is 2. The van der Waals surface area contributed by atoms with Crippen LogP contribution in [0.2, 0.25) is 0 Å². The smallest absolute Gasteiger partial charge is 0.295 e. The predicted molar refractivity (Wildman–Crippen MR) is 122 cm³/mol. The van der Waals surface area contributed by atoms with Gasteiger partial charge < -0.3 is 19.6 Å². The van der Waals surface area contributed by atoms with Gasteiger partial charge >= 0.3 is 0 Å². The lowest BCUT2D eigenvalue weighted by Gasteiger charge is -2.26. The number of hydrogen-bond donors (Lipinski definition) is 1. The third kappa shape index (κ3) is 4.58. The van der Waals surface area contributed by atoms with Gasteiger partial charge in [-0.25, -0.2) is 0 Å². The molecule has 0 aliphatic carbocycles. The van der Waals surface area contributed by atoms with Crippen LogP contribution in [0.5, 0.6) is 5.75 Å². The molecule has 164 valence electrons. The van der Waals surface area contributed by atoms with Gasteiger partial charge in [0.1, 0.15) is 11.5 Å². The van der Waals surface area contributed by atoms with Crippen molar-refractivity contribution in [3.63, 3.8) is 0 Å². The minimum atomic E-state index is -0.647. The number of likely N-dealkylation sites (tertiary alicyclic amines) is 1. The monoisotopic (exact) mass is 422 g/mol. The first-order chi connectivity index (χ1) is 14.9. The second kappa shape index (κ2) is 9.69. The molecule has 1 N–H and O–H groups in total. The Kier molecular flexibility index (Phi) is 7.00. The van der Waals surface area contributed by atoms with Gasteiger partial charge in [-0.2, -0.15) is 0 Å². The molecule has 0 saturated carbocycles. The van der Waals surface area contributed by atoms with Gasteiger partial charge in [0.25, 0.3) is 11.7 Å². The van der Waals surface area contributed by atoms with Gasteiger partial charge in [0, 0.05) is 31.9 Å². The number of benzene rings is 2. The number of rotatable bonds is 8. The minimum Gasteiger partial charge on any atom is -0.507 e. The summed E-state index contributed by atoms with van der Waals surface area (Å²) >= 11 is 0. The van der Waals surface area contributed by atoms with Crippen molar-refractivity contribution in [3.05, 3.63) is 65.2 Å². The number of anilines is 1. The number of ether oxygens (including phenoxy) is 1. The number of aliphatic hydroxyl groups excluding tert-OH is 1. The maximum atomic E-state index is 13.0. The summed E-state index contributed by atoms with van der Waals surface area (Å²) in [6.07, 6.45) is 2.78. The molecule has 0 radical (unpaired) electrons. The summed E-state index contributed by atoms with van der Waals surface area (Å²) in [7, 11) is 5.47. The molecule has 1 aliphatic heterocycles. The molecule has 1 unspecified atom stereocenters. The number of hydrogen-bond acceptors (Lipinski definition) is 5. The van der Waals surface area contributed by atoms with Crippen LogP contribution in [-0.4, -0.2) is 49.4 Å². The van der Waals surface area contributed by atoms with E-state index in [-0.39, 0.29) is 11.3 Å². The van der Waals surface area contributed by atoms with Crippen LogP contribution in [0.3, 0.4) is 0 Å². The van der Waals surface area contributed by atoms with Crippen molar-refractivity contribution in [1.29, 1.82) is 0 Å². The molecule has 0 spiro atoms. The summed E-state index contributed by atoms with van der Waals surface area (Å²) in [4.78, 5) is 29.5. The second-order valence-corrected chi connectivity index (χ2v) is 7.91. The van der Waals surface area contributed by atoms with E-state index in [1.165, 1.54) is 0 Å². The highest BCUT2D eigenvalue weighted by Crippen LogP contribution is 2.40. The van der Waals surface area contributed by atoms with Crippen LogP contribution in [0.15, 0.2) is 54.1 Å². The number of amides is 1. The number of aliphatic hydroxyl groups is 1. The van der Waals surface area contributed by atoms with Crippen LogP contribution in [0.25, 0.3) is 5.76 Å². The van der Waals surface area contributed by atoms with Gasteiger partial charge in [-0.15, -0.1) is 0 Å². The number of methoxy groups -OCH3 is 1. The van der Waals surface area contributed by atoms with Gasteiger partial charge in [0.2, 0.25) is 0 Å². The zero-order valence-corrected chi connectivity index (χ0v) is 18.6. The summed E-state index contributed by atoms with van der Waals surface area (Å²) in [6, 6.07) is 13.9. The number of Topliss-reactive ketones (excluding diaryl/α,β-unsaturated/α-hetero) is 1. The van der Waals surface area contributed by atoms with E-state index in [1.54, 1.807) is 36.3 Å². The first-order valence-electron chi connectivity index (χ1n) is 10.6. The lowest BCUT2D eigenvalue weighted by atomic mass is 9.95. The first kappa shape index (κ1) is 22.4. The van der Waals surface area contributed by atoms with E-state index >= 15 is 0 Å². The highest BCUT2D eigenvalue weighted by Gasteiger charge is 2.45. The molecule has 3 rings (SSSR count). The lowest BCUT2D eigenvalue weighted by molar-refractivity contribution is -0.139. The average molecular weight is 423 g/mol. The Morgan fingerprint density at radius 1 is 1.03 bits per heavy atom. The molecule has 0 aromatic heterocycles. The van der Waals surface area contributed by atoms with Gasteiger partial charge in [0.05, 0.1) is 18.7 Å². The Morgan fingerprint density at radius 2 is 1.68 bits per heavy atom. The predicted octanol–water partition coefficient (Wildman–Crippen LogP) is 4.37. The van der Waals surface area contributed by atoms with Crippen LogP contribution < -0.4 is 9.64 Å². The third-order valence-corrected chi connectivity index (χ3v) is 5.63. The van der Waals surface area contributed by atoms with E-state index < -0.39 is 17.7 Å². The van der Waals surface area contributed by atoms with E-state index in [9.17, 15) is 14.7 Å². The van der Waals surface area contributed by atoms with Crippen molar-refractivity contribution < 1.29 is 19.4 Å². The normalized spacial score (nSPS) is 17.8. The minimum absolute atomic E-state index is 0.129. The van der Waals surface area contributed by atoms with Gasteiger partial charge in [-0.1, -0.05) is 31.9 Å². The van der Waals surface area contributed by atoms with E-state index in [0.29, 0.717) is 17.9 Å². The fourth-order valence-electron chi connectivity index (χ4n) is 3.85. The van der Waals surface area contributed by atoms with Crippen LogP contribution in [0, 0.1) is 0 Å². The maximum absolute atomic E-state index is 13.0. The number of ketones is 1. The molecule has 0 bridgehead atoms. The Labute approximate surface area is 183 Å². The molecule has 1 atom stereocenters. The Bertz CT molecular complexity index is 962. The van der Waals surface area contributed by atoms with Crippen molar-refractivity contribution >= 4 is 23.1 Å². The van der Waals surface area contributed by atoms with Crippen molar-refractivity contribution in [2.24, 2.45) is 0 Å². The van der Waals surface area contributed by atoms with Crippen molar-refractivity contribution in [3.8, 4) is 5.75 Å². The number of nitrogens with zero attached hydrogens (tertiary/aromatic N) is 2. The quantitative estimate of drug-likeness (QED) is 0.296. The molecule has 1 heterocycles. The van der Waals surface area contributed by atoms with E-state index in [0.717, 1.165) is 30.5 Å². The van der Waals surface area contributed by atoms with Gasteiger partial charge in [-0.3, -0.25) is 9.59 Å². The summed E-state index contributed by atoms with van der Waals surface area (Å²) in [5.74, 6) is -0.729. The fourth-order valence-corrected chi connectivity index (χ4v) is 3.85. The standard InChI is InChI=1S/C25H30N2O4/c1-5-6-7-16-27-22(17-8-12-19(13-9-17)26(2)3)21(24(29)25(27)30)23(28)18-10-14-20(31-4)15-11-18/h8-15,22,28H,5-7,16H2,1-4H3/b23-21-. The molecule has 1 aliphatic rings. The highest BCUT2D eigenvalue weighted by atomic mass is 16.5. The van der Waals surface area contributed by atoms with Crippen LogP contribution in [0.1, 0.15) is 43.4 Å². The third-order valence-electron chi connectivity index (χ3n) is 5.63. The fraction of sp³-hybridized carbons (Fsp3) is 0.360. The molecular formula is C25H30N2O4. The SMILES string of the molecule is CCCCCN1C(=O)C(=O)/C(=C(\O)c2ccc(OC)cc2)C1c1ccc(N(C)C)cc1. The molecule has 1 amide bonds. The highest BCUT2D eigenvalue weighted by molar-refractivity contribution is 6.46. The van der Waals surface area contributed by atoms with Gasteiger partial charge in [-0.05, 0) is 48.4 Å². The van der Waals surface area contributed by atoms with E-state index in [1.807, 2.05) is 43.3 Å². The molecule has 6 heteroatoms. The molecule has 1 fully saturated rings. The Hall–Kier alpha value is -3.28. The summed E-state index contributed by atoms with van der Waals surface area (Å²) < 4.78 is 5.17. The van der Waals surface area contributed by atoms with Crippen molar-refractivity contribution in [2.75, 3.05) is 32.6 Å². The van der Waals surface area contributed by atoms with Crippen molar-refractivity contribution in [1.82, 2.24) is 4.90 Å². The molecule has 31 heavy (non-hydrogen) atoms. The molecular weight excluding hydrogens is 392 g/mol. The Balaban J connectivity index is 2.09. The molecule has 2 aromatic rings. The second-order valence-electron chi connectivity index (χ2n) is 7.91. The van der Waals surface area contributed by atoms with E-state index in [2.05, 4.69) is 6.92 Å². The molecule has 2 aromatic carbocycles. The van der Waals surface area contributed by atoms with Gasteiger partial charge in [0.15, 0.2) is 0 Å². The molecule has 6 nitrogen and oxygen atoms in total. The van der Waals surface area contributed by atoms with Crippen LogP contribution in [-0.2, 0) is 9.59 Å². The van der Waals surface area contributed by atoms with Crippen molar-refractivity contribution in [2.45, 2.75) is 32.2 Å². The van der Waals surface area contributed by atoms with E-state index in [4.69, 9.17) is 4.74 Å². The average Bonchev–Trinajstić information content (AvgIpc) is 3.04. The largest absolute Gasteiger partial charge is 0.507 e. The zero-order valence-electron chi connectivity index (χ0n) is 18.6.